The number of anilines is 1. The van der Waals surface area contributed by atoms with Gasteiger partial charge in [-0.15, -0.1) is 11.3 Å². The first-order chi connectivity index (χ1) is 8.76. The molecule has 2 rings (SSSR count). The Balaban J connectivity index is 2.20. The van der Waals surface area contributed by atoms with Gasteiger partial charge in [-0.3, -0.25) is 0 Å². The lowest BCUT2D eigenvalue weighted by Gasteiger charge is -2.16. The van der Waals surface area contributed by atoms with Gasteiger partial charge in [0.15, 0.2) is 0 Å². The summed E-state index contributed by atoms with van der Waals surface area (Å²) in [5.41, 5.74) is 2.18. The minimum absolute atomic E-state index is 0.0745. The van der Waals surface area contributed by atoms with E-state index < -0.39 is 0 Å². The quantitative estimate of drug-likeness (QED) is 0.843. The van der Waals surface area contributed by atoms with Crippen LogP contribution >= 0.6 is 11.3 Å². The lowest BCUT2D eigenvalue weighted by molar-refractivity contribution is 0.267. The van der Waals surface area contributed by atoms with E-state index in [1.807, 2.05) is 0 Å². The molecule has 1 atom stereocenters. The Bertz CT molecular complexity index is 512. The number of thiophene rings is 1. The van der Waals surface area contributed by atoms with Gasteiger partial charge in [-0.1, -0.05) is 19.8 Å². The van der Waals surface area contributed by atoms with E-state index in [0.717, 1.165) is 35.3 Å². The second kappa shape index (κ2) is 6.11. The van der Waals surface area contributed by atoms with Crippen molar-refractivity contribution < 1.29 is 5.11 Å². The van der Waals surface area contributed by atoms with Crippen LogP contribution in [-0.2, 0) is 0 Å². The molecule has 0 amide bonds. The van der Waals surface area contributed by atoms with Crippen molar-refractivity contribution in [3.8, 4) is 0 Å². The molecule has 2 N–H and O–H groups in total. The average molecular weight is 265 g/mol. The predicted molar refractivity (Wildman–Crippen MR) is 76.2 cm³/mol. The zero-order valence-corrected chi connectivity index (χ0v) is 11.6. The highest BCUT2D eigenvalue weighted by Crippen LogP contribution is 2.29. The molecule has 0 saturated heterocycles. The second-order valence-electron chi connectivity index (χ2n) is 4.48. The number of rotatable bonds is 6. The molecule has 0 saturated carbocycles. The van der Waals surface area contributed by atoms with Crippen LogP contribution in [0.4, 0.5) is 5.82 Å². The number of unbranched alkanes of at least 4 members (excludes halogenated alkanes) is 1. The Labute approximate surface area is 111 Å². The van der Waals surface area contributed by atoms with E-state index in [2.05, 4.69) is 34.5 Å². The van der Waals surface area contributed by atoms with Gasteiger partial charge in [0.2, 0.25) is 0 Å². The topological polar surface area (TPSA) is 58.0 Å². The highest BCUT2D eigenvalue weighted by atomic mass is 32.1. The normalized spacial score (nSPS) is 12.8. The molecule has 4 nitrogen and oxygen atoms in total. The Morgan fingerprint density at radius 3 is 3.00 bits per heavy atom. The van der Waals surface area contributed by atoms with E-state index in [4.69, 9.17) is 0 Å². The van der Waals surface area contributed by atoms with Gasteiger partial charge in [-0.05, 0) is 24.3 Å². The number of nitrogens with one attached hydrogen (secondary N) is 1. The van der Waals surface area contributed by atoms with Crippen LogP contribution in [0.5, 0.6) is 0 Å². The summed E-state index contributed by atoms with van der Waals surface area (Å²) in [6.45, 7) is 4.34. The summed E-state index contributed by atoms with van der Waals surface area (Å²) in [6, 6.07) is 0.0745. The van der Waals surface area contributed by atoms with Gasteiger partial charge in [0.1, 0.15) is 12.1 Å². The number of hydrogen-bond donors (Lipinski definition) is 2. The molecule has 5 heteroatoms. The lowest BCUT2D eigenvalue weighted by Crippen LogP contribution is -2.24. The SMILES string of the molecule is CCCC[C@H](CO)Nc1ncnc2c(C)csc12. The number of aliphatic hydroxyl groups excluding tert-OH is 1. The zero-order chi connectivity index (χ0) is 13.0. The van der Waals surface area contributed by atoms with Gasteiger partial charge in [-0.25, -0.2) is 9.97 Å². The van der Waals surface area contributed by atoms with Crippen LogP contribution in [0.15, 0.2) is 11.7 Å². The summed E-state index contributed by atoms with van der Waals surface area (Å²) in [7, 11) is 0. The van der Waals surface area contributed by atoms with Crippen LogP contribution in [0, 0.1) is 6.92 Å². The van der Waals surface area contributed by atoms with E-state index in [-0.39, 0.29) is 12.6 Å². The Kier molecular flexibility index (Phi) is 4.49. The van der Waals surface area contributed by atoms with Crippen molar-refractivity contribution >= 4 is 27.4 Å². The second-order valence-corrected chi connectivity index (χ2v) is 5.36. The molecule has 0 spiro atoms. The maximum Gasteiger partial charge on any atom is 0.147 e. The molecule has 0 unspecified atom stereocenters. The van der Waals surface area contributed by atoms with Crippen molar-refractivity contribution in [1.82, 2.24) is 9.97 Å². The van der Waals surface area contributed by atoms with E-state index in [1.165, 1.54) is 5.56 Å². The number of fused-ring (bicyclic) bond motifs is 1. The van der Waals surface area contributed by atoms with Crippen molar-refractivity contribution in [3.05, 3.63) is 17.3 Å². The standard InChI is InChI=1S/C13H19N3OS/c1-3-4-5-10(6-17)16-13-12-11(14-8-15-13)9(2)7-18-12/h7-8,10,17H,3-6H2,1-2H3,(H,14,15,16)/t10-/m1/s1. The van der Waals surface area contributed by atoms with Crippen molar-refractivity contribution in [3.63, 3.8) is 0 Å². The van der Waals surface area contributed by atoms with E-state index >= 15 is 0 Å². The molecule has 2 aromatic heterocycles. The third-order valence-corrected chi connectivity index (χ3v) is 4.09. The third-order valence-electron chi connectivity index (χ3n) is 3.00. The summed E-state index contributed by atoms with van der Waals surface area (Å²) in [5, 5.41) is 14.8. The third kappa shape index (κ3) is 2.79. The summed E-state index contributed by atoms with van der Waals surface area (Å²) >= 11 is 1.65. The van der Waals surface area contributed by atoms with E-state index in [9.17, 15) is 5.11 Å². The maximum atomic E-state index is 9.39. The molecule has 0 aliphatic rings. The number of aliphatic hydroxyl groups is 1. The van der Waals surface area contributed by atoms with Gasteiger partial charge in [0.05, 0.1) is 22.9 Å². The fraction of sp³-hybridized carbons (Fsp3) is 0.538. The number of aromatic nitrogens is 2. The van der Waals surface area contributed by atoms with Crippen molar-refractivity contribution in [2.24, 2.45) is 0 Å². The molecule has 0 aliphatic heterocycles. The fourth-order valence-electron chi connectivity index (χ4n) is 1.93. The summed E-state index contributed by atoms with van der Waals surface area (Å²) in [4.78, 5) is 8.59. The number of nitrogens with zero attached hydrogens (tertiary/aromatic N) is 2. The van der Waals surface area contributed by atoms with Crippen molar-refractivity contribution in [2.45, 2.75) is 39.2 Å². The Hall–Kier alpha value is -1.20. The van der Waals surface area contributed by atoms with Crippen LogP contribution in [0.25, 0.3) is 10.2 Å². The molecule has 0 fully saturated rings. The molecule has 0 bridgehead atoms. The van der Waals surface area contributed by atoms with Crippen molar-refractivity contribution in [2.75, 3.05) is 11.9 Å². The minimum atomic E-state index is 0.0745. The van der Waals surface area contributed by atoms with Gasteiger partial charge in [-0.2, -0.15) is 0 Å². The highest BCUT2D eigenvalue weighted by Gasteiger charge is 2.12. The van der Waals surface area contributed by atoms with Crippen LogP contribution < -0.4 is 5.32 Å². The van der Waals surface area contributed by atoms with Gasteiger partial charge in [0, 0.05) is 0 Å². The summed E-state index contributed by atoms with van der Waals surface area (Å²) in [5.74, 6) is 0.841. The highest BCUT2D eigenvalue weighted by molar-refractivity contribution is 7.18. The van der Waals surface area contributed by atoms with Crippen LogP contribution in [0.2, 0.25) is 0 Å². The zero-order valence-electron chi connectivity index (χ0n) is 10.8. The fourth-order valence-corrected chi connectivity index (χ4v) is 2.88. The first-order valence-electron chi connectivity index (χ1n) is 6.32. The monoisotopic (exact) mass is 265 g/mol. The molecule has 0 aromatic carbocycles. The molecule has 0 radical (unpaired) electrons. The first kappa shape index (κ1) is 13.2. The first-order valence-corrected chi connectivity index (χ1v) is 7.20. The maximum absolute atomic E-state index is 9.39. The molecule has 2 aromatic rings. The number of aryl methyl sites for hydroxylation is 1. The van der Waals surface area contributed by atoms with Crippen molar-refractivity contribution in [1.29, 1.82) is 0 Å². The molecular formula is C13H19N3OS. The largest absolute Gasteiger partial charge is 0.394 e. The Morgan fingerprint density at radius 1 is 1.44 bits per heavy atom. The minimum Gasteiger partial charge on any atom is -0.394 e. The molecule has 98 valence electrons. The predicted octanol–water partition coefficient (Wildman–Crippen LogP) is 2.96. The van der Waals surface area contributed by atoms with Gasteiger partial charge >= 0.3 is 0 Å². The summed E-state index contributed by atoms with van der Waals surface area (Å²) < 4.78 is 1.07. The van der Waals surface area contributed by atoms with Gasteiger partial charge in [0.25, 0.3) is 0 Å². The van der Waals surface area contributed by atoms with E-state index in [1.54, 1.807) is 17.7 Å². The van der Waals surface area contributed by atoms with Crippen LogP contribution in [0.1, 0.15) is 31.7 Å². The van der Waals surface area contributed by atoms with E-state index in [0.29, 0.717) is 0 Å². The number of hydrogen-bond acceptors (Lipinski definition) is 5. The van der Waals surface area contributed by atoms with Crippen LogP contribution in [-0.4, -0.2) is 27.7 Å². The van der Waals surface area contributed by atoms with Gasteiger partial charge < -0.3 is 10.4 Å². The molecule has 18 heavy (non-hydrogen) atoms. The Morgan fingerprint density at radius 2 is 2.28 bits per heavy atom. The summed E-state index contributed by atoms with van der Waals surface area (Å²) in [6.07, 6.45) is 4.78. The molecule has 2 heterocycles. The molecule has 0 aliphatic carbocycles. The average Bonchev–Trinajstić information content (AvgIpc) is 2.77. The lowest BCUT2D eigenvalue weighted by atomic mass is 10.1. The smallest absolute Gasteiger partial charge is 0.147 e. The molecular weight excluding hydrogens is 246 g/mol. The van der Waals surface area contributed by atoms with Crippen LogP contribution in [0.3, 0.4) is 0 Å².